The number of rotatable bonds is 4. The van der Waals surface area contributed by atoms with E-state index in [9.17, 15) is 4.79 Å². The van der Waals surface area contributed by atoms with Crippen molar-refractivity contribution in [1.82, 2.24) is 0 Å². The zero-order valence-corrected chi connectivity index (χ0v) is 9.08. The van der Waals surface area contributed by atoms with Gasteiger partial charge in [-0.3, -0.25) is 4.79 Å². The lowest BCUT2D eigenvalue weighted by Crippen LogP contribution is -2.25. The van der Waals surface area contributed by atoms with Gasteiger partial charge in [-0.05, 0) is 31.2 Å². The number of amides is 1. The van der Waals surface area contributed by atoms with Gasteiger partial charge in [0.05, 0.1) is 0 Å². The Labute approximate surface area is 89.9 Å². The van der Waals surface area contributed by atoms with Crippen LogP contribution < -0.4 is 16.4 Å². The standard InChI is InChI=1S/C11H17N3O/c1-8(7-12)13-10-3-5-11(6-4-10)14-9(2)15/h3-6,8,13H,7,12H2,1-2H3,(H,14,15). The molecule has 4 heteroatoms. The van der Waals surface area contributed by atoms with Gasteiger partial charge in [-0.2, -0.15) is 0 Å². The second kappa shape index (κ2) is 5.36. The molecule has 0 bridgehead atoms. The Bertz CT molecular complexity index is 321. The molecule has 0 aliphatic carbocycles. The van der Waals surface area contributed by atoms with Gasteiger partial charge in [0.2, 0.25) is 5.91 Å². The summed E-state index contributed by atoms with van der Waals surface area (Å²) in [6.07, 6.45) is 0. The largest absolute Gasteiger partial charge is 0.381 e. The van der Waals surface area contributed by atoms with Crippen LogP contribution in [0.25, 0.3) is 0 Å². The first kappa shape index (κ1) is 11.5. The number of anilines is 2. The van der Waals surface area contributed by atoms with Crippen LogP contribution in [-0.2, 0) is 4.79 Å². The molecule has 4 N–H and O–H groups in total. The van der Waals surface area contributed by atoms with Crippen molar-refractivity contribution in [3.63, 3.8) is 0 Å². The van der Waals surface area contributed by atoms with Gasteiger partial charge < -0.3 is 16.4 Å². The average molecular weight is 207 g/mol. The number of nitrogens with two attached hydrogens (primary N) is 1. The summed E-state index contributed by atoms with van der Waals surface area (Å²) in [5.74, 6) is -0.0639. The van der Waals surface area contributed by atoms with Crippen molar-refractivity contribution in [2.75, 3.05) is 17.2 Å². The molecule has 1 unspecified atom stereocenters. The van der Waals surface area contributed by atoms with Crippen LogP contribution in [0.2, 0.25) is 0 Å². The first-order chi connectivity index (χ1) is 7.11. The van der Waals surface area contributed by atoms with Crippen LogP contribution in [-0.4, -0.2) is 18.5 Å². The summed E-state index contributed by atoms with van der Waals surface area (Å²) in [5.41, 5.74) is 7.30. The normalized spacial score (nSPS) is 11.9. The molecule has 15 heavy (non-hydrogen) atoms. The number of carbonyl (C=O) groups is 1. The Hall–Kier alpha value is -1.55. The third-order valence-electron chi connectivity index (χ3n) is 1.97. The van der Waals surface area contributed by atoms with Crippen molar-refractivity contribution in [2.45, 2.75) is 19.9 Å². The van der Waals surface area contributed by atoms with Gasteiger partial charge in [0, 0.05) is 30.9 Å². The van der Waals surface area contributed by atoms with Crippen molar-refractivity contribution < 1.29 is 4.79 Å². The first-order valence-electron chi connectivity index (χ1n) is 4.96. The molecule has 1 amide bonds. The Morgan fingerprint density at radius 1 is 1.33 bits per heavy atom. The van der Waals surface area contributed by atoms with E-state index in [1.165, 1.54) is 6.92 Å². The van der Waals surface area contributed by atoms with Crippen LogP contribution in [0.1, 0.15) is 13.8 Å². The van der Waals surface area contributed by atoms with Crippen molar-refractivity contribution in [3.8, 4) is 0 Å². The van der Waals surface area contributed by atoms with Crippen LogP contribution in [0.15, 0.2) is 24.3 Å². The van der Waals surface area contributed by atoms with Crippen molar-refractivity contribution in [1.29, 1.82) is 0 Å². The molecule has 0 saturated carbocycles. The quantitative estimate of drug-likeness (QED) is 0.699. The molecule has 0 radical (unpaired) electrons. The van der Waals surface area contributed by atoms with Crippen LogP contribution in [0.5, 0.6) is 0 Å². The van der Waals surface area contributed by atoms with E-state index in [0.717, 1.165) is 11.4 Å². The monoisotopic (exact) mass is 207 g/mol. The molecule has 82 valence electrons. The maximum Gasteiger partial charge on any atom is 0.221 e. The van der Waals surface area contributed by atoms with Gasteiger partial charge in [0.15, 0.2) is 0 Å². The third-order valence-corrected chi connectivity index (χ3v) is 1.97. The minimum Gasteiger partial charge on any atom is -0.381 e. The lowest BCUT2D eigenvalue weighted by atomic mass is 10.2. The summed E-state index contributed by atoms with van der Waals surface area (Å²) in [6.45, 7) is 4.10. The Morgan fingerprint density at radius 3 is 2.33 bits per heavy atom. The molecule has 0 aromatic heterocycles. The molecule has 0 heterocycles. The molecule has 0 spiro atoms. The Kier molecular flexibility index (Phi) is 4.12. The fraction of sp³-hybridized carbons (Fsp3) is 0.364. The zero-order valence-electron chi connectivity index (χ0n) is 9.08. The van der Waals surface area contributed by atoms with E-state index >= 15 is 0 Å². The summed E-state index contributed by atoms with van der Waals surface area (Å²) in [7, 11) is 0. The second-order valence-corrected chi connectivity index (χ2v) is 3.54. The minimum absolute atomic E-state index is 0.0639. The summed E-state index contributed by atoms with van der Waals surface area (Å²) in [4.78, 5) is 10.8. The minimum atomic E-state index is -0.0639. The molecule has 1 aromatic rings. The number of carbonyl (C=O) groups excluding carboxylic acids is 1. The van der Waals surface area contributed by atoms with Crippen molar-refractivity contribution in [3.05, 3.63) is 24.3 Å². The maximum absolute atomic E-state index is 10.8. The summed E-state index contributed by atoms with van der Waals surface area (Å²) < 4.78 is 0. The van der Waals surface area contributed by atoms with Gasteiger partial charge in [-0.25, -0.2) is 0 Å². The van der Waals surface area contributed by atoms with E-state index < -0.39 is 0 Å². The molecule has 0 fully saturated rings. The van der Waals surface area contributed by atoms with E-state index in [1.54, 1.807) is 0 Å². The maximum atomic E-state index is 10.8. The lowest BCUT2D eigenvalue weighted by molar-refractivity contribution is -0.114. The van der Waals surface area contributed by atoms with E-state index in [0.29, 0.717) is 6.54 Å². The van der Waals surface area contributed by atoms with Gasteiger partial charge in [-0.15, -0.1) is 0 Å². The highest BCUT2D eigenvalue weighted by atomic mass is 16.1. The molecule has 1 rings (SSSR count). The molecule has 0 aliphatic heterocycles. The average Bonchev–Trinajstić information content (AvgIpc) is 2.20. The summed E-state index contributed by atoms with van der Waals surface area (Å²) in [6, 6.07) is 7.78. The molecule has 1 aromatic carbocycles. The highest BCUT2D eigenvalue weighted by Gasteiger charge is 1.99. The Balaban J connectivity index is 2.60. The number of nitrogens with one attached hydrogen (secondary N) is 2. The van der Waals surface area contributed by atoms with Crippen LogP contribution in [0.3, 0.4) is 0 Å². The molecular weight excluding hydrogens is 190 g/mol. The van der Waals surface area contributed by atoms with E-state index in [1.807, 2.05) is 31.2 Å². The fourth-order valence-electron chi connectivity index (χ4n) is 1.20. The molecular formula is C11H17N3O. The van der Waals surface area contributed by atoms with E-state index in [4.69, 9.17) is 5.73 Å². The van der Waals surface area contributed by atoms with Crippen LogP contribution in [0.4, 0.5) is 11.4 Å². The number of benzene rings is 1. The molecule has 0 saturated heterocycles. The topological polar surface area (TPSA) is 67.2 Å². The highest BCUT2D eigenvalue weighted by Crippen LogP contribution is 2.13. The summed E-state index contributed by atoms with van der Waals surface area (Å²) in [5, 5.41) is 5.94. The predicted octanol–water partition coefficient (Wildman–Crippen LogP) is 1.40. The predicted molar refractivity (Wildman–Crippen MR) is 62.9 cm³/mol. The summed E-state index contributed by atoms with van der Waals surface area (Å²) >= 11 is 0. The van der Waals surface area contributed by atoms with Gasteiger partial charge in [-0.1, -0.05) is 0 Å². The van der Waals surface area contributed by atoms with Crippen LogP contribution >= 0.6 is 0 Å². The molecule has 4 nitrogen and oxygen atoms in total. The van der Waals surface area contributed by atoms with Crippen molar-refractivity contribution in [2.24, 2.45) is 5.73 Å². The Morgan fingerprint density at radius 2 is 1.87 bits per heavy atom. The highest BCUT2D eigenvalue weighted by molar-refractivity contribution is 5.88. The lowest BCUT2D eigenvalue weighted by Gasteiger charge is -2.13. The van der Waals surface area contributed by atoms with Gasteiger partial charge in [0.1, 0.15) is 0 Å². The van der Waals surface area contributed by atoms with Crippen molar-refractivity contribution >= 4 is 17.3 Å². The van der Waals surface area contributed by atoms with Gasteiger partial charge in [0.25, 0.3) is 0 Å². The van der Waals surface area contributed by atoms with Crippen LogP contribution in [0, 0.1) is 0 Å². The second-order valence-electron chi connectivity index (χ2n) is 3.54. The fourth-order valence-corrected chi connectivity index (χ4v) is 1.20. The number of hydrogen-bond donors (Lipinski definition) is 3. The smallest absolute Gasteiger partial charge is 0.221 e. The number of hydrogen-bond acceptors (Lipinski definition) is 3. The SMILES string of the molecule is CC(=O)Nc1ccc(NC(C)CN)cc1. The third kappa shape index (κ3) is 3.99. The zero-order chi connectivity index (χ0) is 11.3. The molecule has 1 atom stereocenters. The van der Waals surface area contributed by atoms with E-state index in [-0.39, 0.29) is 11.9 Å². The molecule has 0 aliphatic rings. The van der Waals surface area contributed by atoms with Gasteiger partial charge >= 0.3 is 0 Å². The van der Waals surface area contributed by atoms with E-state index in [2.05, 4.69) is 10.6 Å². The first-order valence-corrected chi connectivity index (χ1v) is 4.96.